The standard InChI is InChI=1S/C15H16ClN3O/c1-2-9-19(14-6-4-3-5-13(14)17)15(20)11-7-8-18-10-12(11)16/h3-8,10H,2,9,17H2,1H3. The summed E-state index contributed by atoms with van der Waals surface area (Å²) in [6, 6.07) is 8.92. The van der Waals surface area contributed by atoms with Crippen LogP contribution in [-0.4, -0.2) is 17.4 Å². The van der Waals surface area contributed by atoms with Crippen molar-refractivity contribution in [3.05, 3.63) is 53.3 Å². The van der Waals surface area contributed by atoms with Crippen LogP contribution in [0.25, 0.3) is 0 Å². The fourth-order valence-corrected chi connectivity index (χ4v) is 2.18. The van der Waals surface area contributed by atoms with Crippen LogP contribution in [0, 0.1) is 0 Å². The second-order valence-electron chi connectivity index (χ2n) is 4.37. The molecular formula is C15H16ClN3O. The average molecular weight is 290 g/mol. The number of carbonyl (C=O) groups excluding carboxylic acids is 1. The number of carbonyl (C=O) groups is 1. The van der Waals surface area contributed by atoms with Gasteiger partial charge in [0.2, 0.25) is 0 Å². The maximum absolute atomic E-state index is 12.7. The highest BCUT2D eigenvalue weighted by molar-refractivity contribution is 6.34. The third-order valence-corrected chi connectivity index (χ3v) is 3.22. The number of anilines is 2. The van der Waals surface area contributed by atoms with Gasteiger partial charge in [-0.15, -0.1) is 0 Å². The van der Waals surface area contributed by atoms with E-state index in [1.807, 2.05) is 25.1 Å². The summed E-state index contributed by atoms with van der Waals surface area (Å²) in [6.45, 7) is 2.58. The number of hydrogen-bond acceptors (Lipinski definition) is 3. The molecule has 2 N–H and O–H groups in total. The van der Waals surface area contributed by atoms with Crippen LogP contribution in [0.5, 0.6) is 0 Å². The summed E-state index contributed by atoms with van der Waals surface area (Å²) >= 11 is 6.05. The summed E-state index contributed by atoms with van der Waals surface area (Å²) in [6.07, 6.45) is 3.84. The van der Waals surface area contributed by atoms with Crippen LogP contribution >= 0.6 is 11.6 Å². The molecule has 4 nitrogen and oxygen atoms in total. The number of nitrogens with zero attached hydrogens (tertiary/aromatic N) is 2. The molecule has 1 aromatic heterocycles. The van der Waals surface area contributed by atoms with Gasteiger partial charge in [0.1, 0.15) is 0 Å². The number of nitrogen functional groups attached to an aromatic ring is 1. The van der Waals surface area contributed by atoms with Crippen molar-refractivity contribution in [1.82, 2.24) is 4.98 Å². The monoisotopic (exact) mass is 289 g/mol. The summed E-state index contributed by atoms with van der Waals surface area (Å²) in [5.74, 6) is -0.169. The average Bonchev–Trinajstić information content (AvgIpc) is 2.46. The molecule has 0 spiro atoms. The van der Waals surface area contributed by atoms with Gasteiger partial charge in [-0.3, -0.25) is 9.78 Å². The number of pyridine rings is 1. The molecule has 0 aliphatic carbocycles. The maximum Gasteiger partial charge on any atom is 0.259 e. The van der Waals surface area contributed by atoms with Gasteiger partial charge in [0.25, 0.3) is 5.91 Å². The largest absolute Gasteiger partial charge is 0.397 e. The van der Waals surface area contributed by atoms with E-state index in [0.717, 1.165) is 6.42 Å². The van der Waals surface area contributed by atoms with Gasteiger partial charge in [-0.05, 0) is 24.6 Å². The van der Waals surface area contributed by atoms with E-state index >= 15 is 0 Å². The molecule has 1 amide bonds. The van der Waals surface area contributed by atoms with Crippen LogP contribution in [0.1, 0.15) is 23.7 Å². The van der Waals surface area contributed by atoms with Crippen LogP contribution in [-0.2, 0) is 0 Å². The Morgan fingerprint density at radius 3 is 2.75 bits per heavy atom. The minimum absolute atomic E-state index is 0.169. The van der Waals surface area contributed by atoms with Gasteiger partial charge >= 0.3 is 0 Å². The summed E-state index contributed by atoms with van der Waals surface area (Å²) in [4.78, 5) is 18.2. The summed E-state index contributed by atoms with van der Waals surface area (Å²) in [5, 5.41) is 0.341. The molecule has 0 saturated carbocycles. The van der Waals surface area contributed by atoms with Crippen molar-refractivity contribution in [2.45, 2.75) is 13.3 Å². The lowest BCUT2D eigenvalue weighted by atomic mass is 10.2. The smallest absolute Gasteiger partial charge is 0.259 e. The molecule has 2 rings (SSSR count). The first-order valence-corrected chi connectivity index (χ1v) is 6.78. The Morgan fingerprint density at radius 2 is 2.10 bits per heavy atom. The molecule has 1 heterocycles. The normalized spacial score (nSPS) is 10.3. The summed E-state index contributed by atoms with van der Waals surface area (Å²) < 4.78 is 0. The Labute approximate surface area is 123 Å². The lowest BCUT2D eigenvalue weighted by Crippen LogP contribution is -2.32. The molecule has 20 heavy (non-hydrogen) atoms. The van der Waals surface area contributed by atoms with E-state index in [-0.39, 0.29) is 5.91 Å². The zero-order valence-corrected chi connectivity index (χ0v) is 12.0. The van der Waals surface area contributed by atoms with Crippen LogP contribution < -0.4 is 10.6 Å². The fraction of sp³-hybridized carbons (Fsp3) is 0.200. The third kappa shape index (κ3) is 2.91. The zero-order valence-electron chi connectivity index (χ0n) is 11.2. The second kappa shape index (κ2) is 6.39. The number of aromatic nitrogens is 1. The van der Waals surface area contributed by atoms with Crippen LogP contribution in [0.3, 0.4) is 0 Å². The number of para-hydroxylation sites is 2. The number of benzene rings is 1. The first-order chi connectivity index (χ1) is 9.65. The second-order valence-corrected chi connectivity index (χ2v) is 4.78. The molecule has 1 aromatic carbocycles. The minimum Gasteiger partial charge on any atom is -0.397 e. The van der Waals surface area contributed by atoms with Gasteiger partial charge < -0.3 is 10.6 Å². The molecule has 0 saturated heterocycles. The topological polar surface area (TPSA) is 59.2 Å². The first kappa shape index (κ1) is 14.3. The van der Waals surface area contributed by atoms with Gasteiger partial charge in [0, 0.05) is 18.9 Å². The molecule has 0 aliphatic rings. The number of nitrogens with two attached hydrogens (primary N) is 1. The van der Waals surface area contributed by atoms with Crippen LogP contribution in [0.15, 0.2) is 42.7 Å². The highest BCUT2D eigenvalue weighted by Gasteiger charge is 2.20. The molecule has 104 valence electrons. The molecular weight excluding hydrogens is 274 g/mol. The van der Waals surface area contributed by atoms with E-state index in [2.05, 4.69) is 4.98 Å². The molecule has 0 unspecified atom stereocenters. The van der Waals surface area contributed by atoms with Crippen molar-refractivity contribution in [2.75, 3.05) is 17.2 Å². The van der Waals surface area contributed by atoms with E-state index in [4.69, 9.17) is 17.3 Å². The highest BCUT2D eigenvalue weighted by atomic mass is 35.5. The van der Waals surface area contributed by atoms with Crippen molar-refractivity contribution in [3.63, 3.8) is 0 Å². The van der Waals surface area contributed by atoms with E-state index in [1.54, 1.807) is 23.2 Å². The molecule has 2 aromatic rings. The van der Waals surface area contributed by atoms with Crippen molar-refractivity contribution < 1.29 is 4.79 Å². The quantitative estimate of drug-likeness (QED) is 0.878. The van der Waals surface area contributed by atoms with Crippen molar-refractivity contribution in [1.29, 1.82) is 0 Å². The first-order valence-electron chi connectivity index (χ1n) is 6.41. The Morgan fingerprint density at radius 1 is 1.35 bits per heavy atom. The van der Waals surface area contributed by atoms with Crippen LogP contribution in [0.2, 0.25) is 5.02 Å². The molecule has 0 atom stereocenters. The van der Waals surface area contributed by atoms with E-state index in [9.17, 15) is 4.79 Å². The number of amides is 1. The summed E-state index contributed by atoms with van der Waals surface area (Å²) in [7, 11) is 0. The molecule has 0 fully saturated rings. The van der Waals surface area contributed by atoms with Crippen molar-refractivity contribution >= 4 is 28.9 Å². The molecule has 0 radical (unpaired) electrons. The van der Waals surface area contributed by atoms with Crippen LogP contribution in [0.4, 0.5) is 11.4 Å². The number of rotatable bonds is 4. The van der Waals surface area contributed by atoms with E-state index in [1.165, 1.54) is 6.20 Å². The van der Waals surface area contributed by atoms with Crippen molar-refractivity contribution in [2.24, 2.45) is 0 Å². The predicted octanol–water partition coefficient (Wildman–Crippen LogP) is 3.37. The van der Waals surface area contributed by atoms with Crippen molar-refractivity contribution in [3.8, 4) is 0 Å². The number of halogens is 1. The zero-order chi connectivity index (χ0) is 14.5. The Bertz CT molecular complexity index is 616. The Kier molecular flexibility index (Phi) is 4.58. The third-order valence-electron chi connectivity index (χ3n) is 2.92. The van der Waals surface area contributed by atoms with Gasteiger partial charge in [-0.1, -0.05) is 30.7 Å². The van der Waals surface area contributed by atoms with E-state index < -0.39 is 0 Å². The Hall–Kier alpha value is -2.07. The SMILES string of the molecule is CCCN(C(=O)c1ccncc1Cl)c1ccccc1N. The summed E-state index contributed by atoms with van der Waals surface area (Å²) in [5.41, 5.74) is 7.67. The maximum atomic E-state index is 12.7. The fourth-order valence-electron chi connectivity index (χ4n) is 1.98. The van der Waals surface area contributed by atoms with Gasteiger partial charge in [0.15, 0.2) is 0 Å². The predicted molar refractivity (Wildman–Crippen MR) is 82.1 cm³/mol. The lowest BCUT2D eigenvalue weighted by Gasteiger charge is -2.24. The molecule has 0 bridgehead atoms. The lowest BCUT2D eigenvalue weighted by molar-refractivity contribution is 0.0987. The van der Waals surface area contributed by atoms with Gasteiger partial charge in [-0.25, -0.2) is 0 Å². The molecule has 0 aliphatic heterocycles. The molecule has 5 heteroatoms. The Balaban J connectivity index is 2.42. The van der Waals surface area contributed by atoms with E-state index in [0.29, 0.717) is 28.5 Å². The minimum atomic E-state index is -0.169. The highest BCUT2D eigenvalue weighted by Crippen LogP contribution is 2.26. The van der Waals surface area contributed by atoms with Gasteiger partial charge in [0.05, 0.1) is 22.0 Å². The van der Waals surface area contributed by atoms with Gasteiger partial charge in [-0.2, -0.15) is 0 Å². The number of hydrogen-bond donors (Lipinski definition) is 1.